The first-order valence-corrected chi connectivity index (χ1v) is 9.00. The number of nitro groups is 1. The summed E-state index contributed by atoms with van der Waals surface area (Å²) in [4.78, 5) is 46.2. The minimum absolute atomic E-state index is 0.0163. The highest BCUT2D eigenvalue weighted by atomic mass is 19.1. The van der Waals surface area contributed by atoms with Crippen LogP contribution in [0.4, 0.5) is 10.1 Å². The van der Waals surface area contributed by atoms with Gasteiger partial charge in [-0.25, -0.2) is 4.39 Å². The van der Waals surface area contributed by atoms with E-state index in [0.717, 1.165) is 0 Å². The quantitative estimate of drug-likeness (QED) is 0.412. The molecule has 2 atom stereocenters. The van der Waals surface area contributed by atoms with E-state index in [2.05, 4.69) is 10.6 Å². The van der Waals surface area contributed by atoms with Crippen LogP contribution < -0.4 is 16.4 Å². The normalized spacial score (nSPS) is 12.5. The van der Waals surface area contributed by atoms with Crippen LogP contribution >= 0.6 is 0 Å². The lowest BCUT2D eigenvalue weighted by Crippen LogP contribution is -2.54. The Bertz CT molecular complexity index is 931. The van der Waals surface area contributed by atoms with Gasteiger partial charge >= 0.3 is 0 Å². The van der Waals surface area contributed by atoms with Gasteiger partial charge in [-0.2, -0.15) is 0 Å². The molecule has 0 fully saturated rings. The fourth-order valence-electron chi connectivity index (χ4n) is 2.80. The van der Waals surface area contributed by atoms with Gasteiger partial charge < -0.3 is 16.4 Å². The minimum atomic E-state index is -1.09. The highest BCUT2D eigenvalue weighted by Gasteiger charge is 2.25. The number of primary amides is 1. The summed E-state index contributed by atoms with van der Waals surface area (Å²) >= 11 is 0. The molecule has 0 bridgehead atoms. The van der Waals surface area contributed by atoms with E-state index in [0.29, 0.717) is 11.1 Å². The van der Waals surface area contributed by atoms with Crippen LogP contribution in [0.3, 0.4) is 0 Å². The lowest BCUT2D eigenvalue weighted by atomic mass is 10.0. The van der Waals surface area contributed by atoms with E-state index in [1.165, 1.54) is 55.5 Å². The lowest BCUT2D eigenvalue weighted by molar-refractivity contribution is -0.384. The van der Waals surface area contributed by atoms with Gasteiger partial charge in [0.1, 0.15) is 17.9 Å². The molecule has 0 spiro atoms. The zero-order valence-electron chi connectivity index (χ0n) is 16.1. The number of amides is 3. The Balaban J connectivity index is 2.12. The van der Waals surface area contributed by atoms with Crippen molar-refractivity contribution in [3.05, 3.63) is 75.6 Å². The van der Waals surface area contributed by atoms with Crippen molar-refractivity contribution in [3.8, 4) is 0 Å². The summed E-state index contributed by atoms with van der Waals surface area (Å²) in [6.07, 6.45) is 0.0944. The van der Waals surface area contributed by atoms with Crippen molar-refractivity contribution in [2.45, 2.75) is 31.8 Å². The third-order valence-corrected chi connectivity index (χ3v) is 4.29. The summed E-state index contributed by atoms with van der Waals surface area (Å²) in [6.45, 7) is 1.24. The molecular weight excluding hydrogens is 395 g/mol. The third kappa shape index (κ3) is 6.66. The number of rotatable bonds is 9. The molecule has 3 amide bonds. The SMILES string of the molecule is CC(=O)N[C@@H](Cc1ccc(F)cc1)C(=O)N[C@H](Cc1ccc([N+](=O)[O-])cc1)C(N)=O. The Labute approximate surface area is 171 Å². The third-order valence-electron chi connectivity index (χ3n) is 4.29. The van der Waals surface area contributed by atoms with Gasteiger partial charge in [0.15, 0.2) is 0 Å². The van der Waals surface area contributed by atoms with Crippen molar-refractivity contribution < 1.29 is 23.7 Å². The van der Waals surface area contributed by atoms with Gasteiger partial charge in [-0.3, -0.25) is 24.5 Å². The second-order valence-electron chi connectivity index (χ2n) is 6.67. The Morgan fingerprint density at radius 1 is 0.967 bits per heavy atom. The lowest BCUT2D eigenvalue weighted by Gasteiger charge is -2.22. The molecule has 2 aromatic rings. The average molecular weight is 416 g/mol. The molecule has 0 aromatic heterocycles. The summed E-state index contributed by atoms with van der Waals surface area (Å²) in [5.41, 5.74) is 6.45. The van der Waals surface area contributed by atoms with E-state index in [-0.39, 0.29) is 18.5 Å². The van der Waals surface area contributed by atoms with Gasteiger partial charge in [0.25, 0.3) is 5.69 Å². The van der Waals surface area contributed by atoms with Crippen molar-refractivity contribution in [1.82, 2.24) is 10.6 Å². The monoisotopic (exact) mass is 416 g/mol. The Hall–Kier alpha value is -3.82. The maximum atomic E-state index is 13.1. The number of benzene rings is 2. The van der Waals surface area contributed by atoms with E-state index in [4.69, 9.17) is 5.73 Å². The predicted molar refractivity (Wildman–Crippen MR) is 106 cm³/mol. The molecule has 158 valence electrons. The molecule has 30 heavy (non-hydrogen) atoms. The summed E-state index contributed by atoms with van der Waals surface area (Å²) in [5.74, 6) is -2.33. The maximum absolute atomic E-state index is 13.1. The minimum Gasteiger partial charge on any atom is -0.368 e. The van der Waals surface area contributed by atoms with E-state index in [1.807, 2.05) is 0 Å². The van der Waals surface area contributed by atoms with Crippen molar-refractivity contribution in [1.29, 1.82) is 0 Å². The number of nitrogens with one attached hydrogen (secondary N) is 2. The van der Waals surface area contributed by atoms with Gasteiger partial charge in [0, 0.05) is 31.9 Å². The second kappa shape index (κ2) is 10.1. The largest absolute Gasteiger partial charge is 0.368 e. The van der Waals surface area contributed by atoms with E-state index < -0.39 is 40.5 Å². The standard InChI is InChI=1S/C20H21FN4O5/c1-12(26)23-18(11-13-2-6-15(21)7-3-13)20(28)24-17(19(22)27)10-14-4-8-16(9-5-14)25(29)30/h2-9,17-18H,10-11H2,1H3,(H2,22,27)(H,23,26)(H,24,28)/t17-,18+/m1/s1. The molecule has 0 aliphatic carbocycles. The summed E-state index contributed by atoms with van der Waals surface area (Å²) in [5, 5.41) is 15.7. The van der Waals surface area contributed by atoms with Crippen molar-refractivity contribution in [2.24, 2.45) is 5.73 Å². The molecule has 0 unspecified atom stereocenters. The van der Waals surface area contributed by atoms with Crippen LogP contribution in [0, 0.1) is 15.9 Å². The highest BCUT2D eigenvalue weighted by molar-refractivity contribution is 5.91. The molecule has 2 rings (SSSR count). The fourth-order valence-corrected chi connectivity index (χ4v) is 2.80. The number of halogens is 1. The van der Waals surface area contributed by atoms with Gasteiger partial charge in [-0.15, -0.1) is 0 Å². The van der Waals surface area contributed by atoms with Gasteiger partial charge in [0.2, 0.25) is 17.7 Å². The van der Waals surface area contributed by atoms with Crippen LogP contribution in [-0.2, 0) is 27.2 Å². The fraction of sp³-hybridized carbons (Fsp3) is 0.250. The summed E-state index contributed by atoms with van der Waals surface area (Å²) in [7, 11) is 0. The number of hydrogen-bond acceptors (Lipinski definition) is 5. The second-order valence-corrected chi connectivity index (χ2v) is 6.67. The zero-order chi connectivity index (χ0) is 22.3. The number of carbonyl (C=O) groups excluding carboxylic acids is 3. The first kappa shape index (κ1) is 22.5. The Kier molecular flexibility index (Phi) is 7.56. The molecule has 0 saturated heterocycles. The molecule has 9 nitrogen and oxygen atoms in total. The van der Waals surface area contributed by atoms with Crippen LogP contribution in [0.15, 0.2) is 48.5 Å². The first-order valence-electron chi connectivity index (χ1n) is 9.00. The number of nitrogens with zero attached hydrogens (tertiary/aromatic N) is 1. The number of hydrogen-bond donors (Lipinski definition) is 3. The summed E-state index contributed by atoms with van der Waals surface area (Å²) in [6, 6.07) is 8.83. The Morgan fingerprint density at radius 3 is 1.93 bits per heavy atom. The molecule has 4 N–H and O–H groups in total. The van der Waals surface area contributed by atoms with Crippen molar-refractivity contribution in [2.75, 3.05) is 0 Å². The van der Waals surface area contributed by atoms with Crippen LogP contribution in [0.1, 0.15) is 18.1 Å². The molecule has 0 saturated carbocycles. The zero-order valence-corrected chi connectivity index (χ0v) is 16.1. The van der Waals surface area contributed by atoms with Gasteiger partial charge in [-0.05, 0) is 23.3 Å². The van der Waals surface area contributed by atoms with Crippen LogP contribution in [0.5, 0.6) is 0 Å². The molecule has 0 aliphatic rings. The number of carbonyl (C=O) groups is 3. The van der Waals surface area contributed by atoms with Crippen LogP contribution in [-0.4, -0.2) is 34.7 Å². The van der Waals surface area contributed by atoms with Gasteiger partial charge in [-0.1, -0.05) is 24.3 Å². The maximum Gasteiger partial charge on any atom is 0.269 e. The number of non-ortho nitro benzene ring substituents is 1. The smallest absolute Gasteiger partial charge is 0.269 e. The van der Waals surface area contributed by atoms with Crippen LogP contribution in [0.25, 0.3) is 0 Å². The number of nitrogens with two attached hydrogens (primary N) is 1. The first-order chi connectivity index (χ1) is 14.2. The number of nitro benzene ring substituents is 1. The average Bonchev–Trinajstić information content (AvgIpc) is 2.68. The highest BCUT2D eigenvalue weighted by Crippen LogP contribution is 2.13. The molecular formula is C20H21FN4O5. The van der Waals surface area contributed by atoms with Crippen molar-refractivity contribution >= 4 is 23.4 Å². The van der Waals surface area contributed by atoms with E-state index in [1.54, 1.807) is 0 Å². The molecule has 0 aliphatic heterocycles. The molecule has 10 heteroatoms. The Morgan fingerprint density at radius 2 is 1.47 bits per heavy atom. The predicted octanol–water partition coefficient (Wildman–Crippen LogP) is 0.994. The topological polar surface area (TPSA) is 144 Å². The molecule has 0 radical (unpaired) electrons. The van der Waals surface area contributed by atoms with Crippen LogP contribution in [0.2, 0.25) is 0 Å². The molecule has 2 aromatic carbocycles. The van der Waals surface area contributed by atoms with E-state index >= 15 is 0 Å². The summed E-state index contributed by atoms with van der Waals surface area (Å²) < 4.78 is 13.1. The molecule has 0 heterocycles. The van der Waals surface area contributed by atoms with E-state index in [9.17, 15) is 28.9 Å². The van der Waals surface area contributed by atoms with Gasteiger partial charge in [0.05, 0.1) is 4.92 Å². The van der Waals surface area contributed by atoms with Crippen molar-refractivity contribution in [3.63, 3.8) is 0 Å².